The Kier molecular flexibility index (Phi) is 2.26. The highest BCUT2D eigenvalue weighted by atomic mass is 79.9. The summed E-state index contributed by atoms with van der Waals surface area (Å²) in [5, 5.41) is 1.05. The van der Waals surface area contributed by atoms with Crippen LogP contribution < -0.4 is 4.90 Å². The fourth-order valence-corrected chi connectivity index (χ4v) is 2.52. The molecule has 0 spiro atoms. The molecule has 1 aromatic carbocycles. The topological polar surface area (TPSA) is 16.1 Å². The van der Waals surface area contributed by atoms with Gasteiger partial charge in [0.15, 0.2) is 5.13 Å². The van der Waals surface area contributed by atoms with E-state index in [1.54, 1.807) is 11.3 Å². The molecule has 0 amide bonds. The lowest BCUT2D eigenvalue weighted by molar-refractivity contribution is 1.11. The number of fused-ring (bicyclic) bond motifs is 1. The van der Waals surface area contributed by atoms with Crippen molar-refractivity contribution in [1.29, 1.82) is 0 Å². The molecule has 0 bridgehead atoms. The van der Waals surface area contributed by atoms with Crippen LogP contribution in [0.2, 0.25) is 0 Å². The van der Waals surface area contributed by atoms with Gasteiger partial charge in [0.1, 0.15) is 0 Å². The zero-order chi connectivity index (χ0) is 9.42. The van der Waals surface area contributed by atoms with Crippen LogP contribution in [0, 0.1) is 0 Å². The number of aromatic nitrogens is 1. The molecule has 0 radical (unpaired) electrons. The Hall–Kier alpha value is -0.610. The van der Waals surface area contributed by atoms with Crippen molar-refractivity contribution in [1.82, 2.24) is 4.98 Å². The van der Waals surface area contributed by atoms with Gasteiger partial charge in [0, 0.05) is 18.6 Å². The molecule has 0 aliphatic heterocycles. The summed E-state index contributed by atoms with van der Waals surface area (Å²) in [6.45, 7) is 0. The Morgan fingerprint density at radius 3 is 2.85 bits per heavy atom. The molecule has 0 saturated carbocycles. The molecule has 1 heterocycles. The minimum Gasteiger partial charge on any atom is -0.354 e. The first kappa shape index (κ1) is 8.97. The summed E-state index contributed by atoms with van der Waals surface area (Å²) in [7, 11) is 4.01. The van der Waals surface area contributed by atoms with E-state index < -0.39 is 0 Å². The summed E-state index contributed by atoms with van der Waals surface area (Å²) in [5.74, 6) is 0. The van der Waals surface area contributed by atoms with Crippen LogP contribution in [-0.2, 0) is 0 Å². The van der Waals surface area contributed by atoms with E-state index in [1.165, 1.54) is 4.70 Å². The number of hydrogen-bond acceptors (Lipinski definition) is 3. The van der Waals surface area contributed by atoms with Crippen molar-refractivity contribution >= 4 is 42.6 Å². The van der Waals surface area contributed by atoms with Crippen LogP contribution in [0.1, 0.15) is 0 Å². The van der Waals surface area contributed by atoms with E-state index in [1.807, 2.05) is 31.1 Å². The van der Waals surface area contributed by atoms with Crippen molar-refractivity contribution in [3.8, 4) is 0 Å². The van der Waals surface area contributed by atoms with Crippen LogP contribution in [0.25, 0.3) is 10.2 Å². The summed E-state index contributed by atoms with van der Waals surface area (Å²) in [5.41, 5.74) is 1.07. The number of hydrogen-bond donors (Lipinski definition) is 0. The van der Waals surface area contributed by atoms with E-state index in [9.17, 15) is 0 Å². The van der Waals surface area contributed by atoms with Crippen LogP contribution in [0.5, 0.6) is 0 Å². The molecule has 2 rings (SSSR count). The van der Waals surface area contributed by atoms with Crippen LogP contribution in [-0.4, -0.2) is 19.1 Å². The molecule has 4 heteroatoms. The van der Waals surface area contributed by atoms with Crippen molar-refractivity contribution in [2.45, 2.75) is 0 Å². The van der Waals surface area contributed by atoms with Gasteiger partial charge in [-0.2, -0.15) is 0 Å². The maximum atomic E-state index is 4.48. The van der Waals surface area contributed by atoms with E-state index in [4.69, 9.17) is 0 Å². The highest BCUT2D eigenvalue weighted by Crippen LogP contribution is 2.29. The first-order valence-electron chi connectivity index (χ1n) is 3.90. The van der Waals surface area contributed by atoms with Crippen molar-refractivity contribution in [3.05, 3.63) is 22.7 Å². The van der Waals surface area contributed by atoms with Crippen molar-refractivity contribution in [2.24, 2.45) is 0 Å². The lowest BCUT2D eigenvalue weighted by Gasteiger charge is -2.04. The van der Waals surface area contributed by atoms with Gasteiger partial charge >= 0.3 is 0 Å². The average Bonchev–Trinajstić information content (AvgIpc) is 2.46. The predicted molar refractivity (Wildman–Crippen MR) is 61.6 cm³/mol. The van der Waals surface area contributed by atoms with E-state index in [2.05, 4.69) is 27.0 Å². The number of benzene rings is 1. The SMILES string of the molecule is CN(C)c1nc2ccc(Br)cc2s1. The third kappa shape index (κ3) is 1.69. The molecular weight excluding hydrogens is 248 g/mol. The summed E-state index contributed by atoms with van der Waals surface area (Å²) >= 11 is 5.15. The molecule has 2 nitrogen and oxygen atoms in total. The van der Waals surface area contributed by atoms with Crippen molar-refractivity contribution in [2.75, 3.05) is 19.0 Å². The van der Waals surface area contributed by atoms with Crippen LogP contribution in [0.4, 0.5) is 5.13 Å². The predicted octanol–water partition coefficient (Wildman–Crippen LogP) is 3.12. The van der Waals surface area contributed by atoms with Gasteiger partial charge in [0.05, 0.1) is 10.2 Å². The molecule has 1 aromatic heterocycles. The second-order valence-corrected chi connectivity index (χ2v) is 4.93. The average molecular weight is 257 g/mol. The van der Waals surface area contributed by atoms with Gasteiger partial charge in [-0.25, -0.2) is 4.98 Å². The summed E-state index contributed by atoms with van der Waals surface area (Å²) in [4.78, 5) is 6.50. The molecule has 68 valence electrons. The third-order valence-electron chi connectivity index (χ3n) is 1.72. The van der Waals surface area contributed by atoms with E-state index >= 15 is 0 Å². The second kappa shape index (κ2) is 3.27. The monoisotopic (exact) mass is 256 g/mol. The maximum Gasteiger partial charge on any atom is 0.185 e. The summed E-state index contributed by atoms with van der Waals surface area (Å²) < 4.78 is 2.33. The normalized spacial score (nSPS) is 10.7. The zero-order valence-electron chi connectivity index (χ0n) is 7.41. The van der Waals surface area contributed by atoms with Gasteiger partial charge in [-0.1, -0.05) is 27.3 Å². The smallest absolute Gasteiger partial charge is 0.185 e. The molecule has 0 aliphatic rings. The van der Waals surface area contributed by atoms with Crippen LogP contribution in [0.15, 0.2) is 22.7 Å². The molecule has 0 unspecified atom stereocenters. The van der Waals surface area contributed by atoms with Crippen LogP contribution in [0.3, 0.4) is 0 Å². The Morgan fingerprint density at radius 1 is 1.38 bits per heavy atom. The highest BCUT2D eigenvalue weighted by molar-refractivity contribution is 9.10. The van der Waals surface area contributed by atoms with Gasteiger partial charge in [0.25, 0.3) is 0 Å². The third-order valence-corrected chi connectivity index (χ3v) is 3.40. The van der Waals surface area contributed by atoms with Gasteiger partial charge in [-0.05, 0) is 18.2 Å². The molecular formula is C9H9BrN2S. The quantitative estimate of drug-likeness (QED) is 0.780. The Balaban J connectivity index is 2.62. The maximum absolute atomic E-state index is 4.48. The van der Waals surface area contributed by atoms with Gasteiger partial charge in [0.2, 0.25) is 0 Å². The first-order chi connectivity index (χ1) is 6.16. The summed E-state index contributed by atoms with van der Waals surface area (Å²) in [6, 6.07) is 6.14. The largest absolute Gasteiger partial charge is 0.354 e. The highest BCUT2D eigenvalue weighted by Gasteiger charge is 2.04. The standard InChI is InChI=1S/C9H9BrN2S/c1-12(2)9-11-7-4-3-6(10)5-8(7)13-9/h3-5H,1-2H3. The number of thiazole rings is 1. The lowest BCUT2D eigenvalue weighted by Crippen LogP contribution is -2.07. The van der Waals surface area contributed by atoms with Gasteiger partial charge < -0.3 is 4.90 Å². The number of rotatable bonds is 1. The zero-order valence-corrected chi connectivity index (χ0v) is 9.82. The molecule has 0 aliphatic carbocycles. The van der Waals surface area contributed by atoms with E-state index in [-0.39, 0.29) is 0 Å². The van der Waals surface area contributed by atoms with E-state index in [0.29, 0.717) is 0 Å². The first-order valence-corrected chi connectivity index (χ1v) is 5.51. The molecule has 0 atom stereocenters. The molecule has 0 fully saturated rings. The van der Waals surface area contributed by atoms with Crippen LogP contribution >= 0.6 is 27.3 Å². The molecule has 0 saturated heterocycles. The summed E-state index contributed by atoms with van der Waals surface area (Å²) in [6.07, 6.45) is 0. The van der Waals surface area contributed by atoms with Gasteiger partial charge in [-0.3, -0.25) is 0 Å². The number of anilines is 1. The molecule has 0 N–H and O–H groups in total. The fraction of sp³-hybridized carbons (Fsp3) is 0.222. The number of nitrogens with zero attached hydrogens (tertiary/aromatic N) is 2. The van der Waals surface area contributed by atoms with Gasteiger partial charge in [-0.15, -0.1) is 0 Å². The Morgan fingerprint density at radius 2 is 2.15 bits per heavy atom. The number of halogens is 1. The Labute approximate surface area is 89.3 Å². The second-order valence-electron chi connectivity index (χ2n) is 3.00. The molecule has 2 aromatic rings. The minimum atomic E-state index is 1.05. The van der Waals surface area contributed by atoms with Crippen molar-refractivity contribution < 1.29 is 0 Å². The fourth-order valence-electron chi connectivity index (χ4n) is 1.08. The van der Waals surface area contributed by atoms with E-state index in [0.717, 1.165) is 15.1 Å². The minimum absolute atomic E-state index is 1.05. The van der Waals surface area contributed by atoms with Crippen molar-refractivity contribution in [3.63, 3.8) is 0 Å². The lowest BCUT2D eigenvalue weighted by atomic mass is 10.3. The molecule has 13 heavy (non-hydrogen) atoms. The Bertz CT molecular complexity index is 436.